The van der Waals surface area contributed by atoms with Gasteiger partial charge in [0.1, 0.15) is 17.2 Å². The standard InChI is InChI=1S/C24H20O5S/c25-17-8-6-16(7-9-17)24-23(20-13-10-18(26)14-21(20)30-24)29-19-11-4-15(5-12-19)2-1-3-22(27)28/h4-14,25-26H,1-3H2,(H,27,28). The Labute approximate surface area is 177 Å². The van der Waals surface area contributed by atoms with E-state index in [0.29, 0.717) is 24.3 Å². The van der Waals surface area contributed by atoms with Crippen LogP contribution in [0.3, 0.4) is 0 Å². The molecule has 0 amide bonds. The van der Waals surface area contributed by atoms with Crippen LogP contribution in [0.4, 0.5) is 0 Å². The zero-order valence-corrected chi connectivity index (χ0v) is 16.9. The van der Waals surface area contributed by atoms with Gasteiger partial charge >= 0.3 is 5.97 Å². The monoisotopic (exact) mass is 420 g/mol. The van der Waals surface area contributed by atoms with Crippen molar-refractivity contribution in [1.82, 2.24) is 0 Å². The van der Waals surface area contributed by atoms with Crippen LogP contribution in [0.1, 0.15) is 18.4 Å². The van der Waals surface area contributed by atoms with Crippen molar-refractivity contribution < 1.29 is 24.9 Å². The number of ether oxygens (including phenoxy) is 1. The molecule has 1 aromatic heterocycles. The number of benzene rings is 3. The number of phenols is 2. The SMILES string of the molecule is O=C(O)CCCc1ccc(Oc2c(-c3ccc(O)cc3)sc3cc(O)ccc23)cc1. The fourth-order valence-corrected chi connectivity index (χ4v) is 4.42. The van der Waals surface area contributed by atoms with Crippen molar-refractivity contribution in [1.29, 1.82) is 0 Å². The molecule has 152 valence electrons. The zero-order chi connectivity index (χ0) is 21.1. The second kappa shape index (κ2) is 8.47. The number of carboxylic acids is 1. The quantitative estimate of drug-likeness (QED) is 0.332. The summed E-state index contributed by atoms with van der Waals surface area (Å²) < 4.78 is 7.16. The molecule has 0 aliphatic rings. The second-order valence-electron chi connectivity index (χ2n) is 6.98. The number of fused-ring (bicyclic) bond motifs is 1. The van der Waals surface area contributed by atoms with Gasteiger partial charge in [-0.25, -0.2) is 0 Å². The van der Waals surface area contributed by atoms with Crippen molar-refractivity contribution in [3.63, 3.8) is 0 Å². The van der Waals surface area contributed by atoms with Crippen molar-refractivity contribution in [3.05, 3.63) is 72.3 Å². The third-order valence-electron chi connectivity index (χ3n) is 4.76. The number of hydrogen-bond donors (Lipinski definition) is 3. The highest BCUT2D eigenvalue weighted by molar-refractivity contribution is 7.22. The number of thiophene rings is 1. The van der Waals surface area contributed by atoms with Gasteiger partial charge < -0.3 is 20.1 Å². The summed E-state index contributed by atoms with van der Waals surface area (Å²) in [5.41, 5.74) is 1.97. The van der Waals surface area contributed by atoms with Gasteiger partial charge in [0.2, 0.25) is 0 Å². The molecule has 6 heteroatoms. The van der Waals surface area contributed by atoms with Crippen molar-refractivity contribution in [2.45, 2.75) is 19.3 Å². The third-order valence-corrected chi connectivity index (χ3v) is 5.94. The molecule has 0 aliphatic heterocycles. The molecule has 4 aromatic rings. The lowest BCUT2D eigenvalue weighted by molar-refractivity contribution is -0.137. The first-order chi connectivity index (χ1) is 14.5. The predicted molar refractivity (Wildman–Crippen MR) is 118 cm³/mol. The molecule has 3 aromatic carbocycles. The summed E-state index contributed by atoms with van der Waals surface area (Å²) >= 11 is 1.51. The predicted octanol–water partition coefficient (Wildman–Crippen LogP) is 6.18. The molecule has 0 bridgehead atoms. The lowest BCUT2D eigenvalue weighted by Crippen LogP contribution is -1.95. The topological polar surface area (TPSA) is 87.0 Å². The fourth-order valence-electron chi connectivity index (χ4n) is 3.25. The van der Waals surface area contributed by atoms with E-state index in [0.717, 1.165) is 26.1 Å². The van der Waals surface area contributed by atoms with E-state index in [1.807, 2.05) is 42.5 Å². The zero-order valence-electron chi connectivity index (χ0n) is 16.0. The van der Waals surface area contributed by atoms with E-state index in [1.165, 1.54) is 11.3 Å². The Morgan fingerprint density at radius 3 is 2.30 bits per heavy atom. The molecule has 0 aliphatic carbocycles. The summed E-state index contributed by atoms with van der Waals surface area (Å²) in [6, 6.07) is 19.7. The first-order valence-electron chi connectivity index (χ1n) is 9.53. The largest absolute Gasteiger partial charge is 0.508 e. The van der Waals surface area contributed by atoms with Gasteiger partial charge in [-0.1, -0.05) is 12.1 Å². The number of aromatic hydroxyl groups is 2. The molecule has 4 rings (SSSR count). The molecular weight excluding hydrogens is 400 g/mol. The normalized spacial score (nSPS) is 10.9. The number of aryl methyl sites for hydroxylation is 1. The van der Waals surface area contributed by atoms with Crippen LogP contribution < -0.4 is 4.74 Å². The van der Waals surface area contributed by atoms with Crippen LogP contribution in [0, 0.1) is 0 Å². The van der Waals surface area contributed by atoms with E-state index in [4.69, 9.17) is 9.84 Å². The third kappa shape index (κ3) is 4.39. The molecule has 0 atom stereocenters. The maximum atomic E-state index is 10.7. The van der Waals surface area contributed by atoms with Crippen molar-refractivity contribution >= 4 is 27.4 Å². The fraction of sp³-hybridized carbons (Fsp3) is 0.125. The second-order valence-corrected chi connectivity index (χ2v) is 8.03. The van der Waals surface area contributed by atoms with Gasteiger partial charge in [-0.2, -0.15) is 0 Å². The van der Waals surface area contributed by atoms with Crippen molar-refractivity contribution in [3.8, 4) is 33.4 Å². The van der Waals surface area contributed by atoms with Crippen LogP contribution in [0.5, 0.6) is 23.0 Å². The average molecular weight is 420 g/mol. The molecule has 5 nitrogen and oxygen atoms in total. The molecule has 3 N–H and O–H groups in total. The number of rotatable bonds is 7. The maximum Gasteiger partial charge on any atom is 0.303 e. The Hall–Kier alpha value is -3.51. The van der Waals surface area contributed by atoms with Gasteiger partial charge in [0, 0.05) is 16.5 Å². The van der Waals surface area contributed by atoms with Crippen molar-refractivity contribution in [2.24, 2.45) is 0 Å². The van der Waals surface area contributed by atoms with Crippen LogP contribution in [-0.4, -0.2) is 21.3 Å². The van der Waals surface area contributed by atoms with E-state index in [-0.39, 0.29) is 17.9 Å². The van der Waals surface area contributed by atoms with Gasteiger partial charge in [0.05, 0.1) is 4.88 Å². The Morgan fingerprint density at radius 1 is 0.900 bits per heavy atom. The smallest absolute Gasteiger partial charge is 0.303 e. The summed E-state index contributed by atoms with van der Waals surface area (Å²) in [4.78, 5) is 11.6. The van der Waals surface area contributed by atoms with Crippen LogP contribution in [0.25, 0.3) is 20.5 Å². The molecule has 0 spiro atoms. The number of carbonyl (C=O) groups is 1. The Balaban J connectivity index is 1.65. The maximum absolute atomic E-state index is 10.7. The Morgan fingerprint density at radius 2 is 1.60 bits per heavy atom. The molecule has 0 saturated heterocycles. The van der Waals surface area contributed by atoms with Crippen molar-refractivity contribution in [2.75, 3.05) is 0 Å². The lowest BCUT2D eigenvalue weighted by Gasteiger charge is -2.09. The van der Waals surface area contributed by atoms with Gasteiger partial charge in [-0.3, -0.25) is 4.79 Å². The molecule has 1 heterocycles. The van der Waals surface area contributed by atoms with E-state index in [2.05, 4.69) is 0 Å². The number of hydrogen-bond acceptors (Lipinski definition) is 5. The number of carboxylic acid groups (broad SMARTS) is 1. The minimum absolute atomic E-state index is 0.155. The van der Waals surface area contributed by atoms with Gasteiger partial charge in [0.15, 0.2) is 5.75 Å². The highest BCUT2D eigenvalue weighted by Gasteiger charge is 2.17. The average Bonchev–Trinajstić information content (AvgIpc) is 3.07. The van der Waals surface area contributed by atoms with E-state index >= 15 is 0 Å². The molecule has 0 unspecified atom stereocenters. The van der Waals surface area contributed by atoms with Gasteiger partial charge in [0.25, 0.3) is 0 Å². The van der Waals surface area contributed by atoms with Crippen LogP contribution in [-0.2, 0) is 11.2 Å². The van der Waals surface area contributed by atoms with Gasteiger partial charge in [-0.15, -0.1) is 11.3 Å². The first kappa shape index (κ1) is 19.8. The Bertz CT molecular complexity index is 1180. The highest BCUT2D eigenvalue weighted by atomic mass is 32.1. The van der Waals surface area contributed by atoms with Crippen LogP contribution >= 0.6 is 11.3 Å². The summed E-state index contributed by atoms with van der Waals surface area (Å²) in [7, 11) is 0. The number of aliphatic carboxylic acids is 1. The minimum atomic E-state index is -0.785. The van der Waals surface area contributed by atoms with Gasteiger partial charge in [-0.05, 0) is 78.6 Å². The van der Waals surface area contributed by atoms with Crippen LogP contribution in [0.2, 0.25) is 0 Å². The summed E-state index contributed by atoms with van der Waals surface area (Å²) in [5.74, 6) is 0.966. The molecule has 0 fully saturated rings. The summed E-state index contributed by atoms with van der Waals surface area (Å²) in [5, 5.41) is 29.1. The summed E-state index contributed by atoms with van der Waals surface area (Å²) in [6.45, 7) is 0. The Kier molecular flexibility index (Phi) is 5.59. The minimum Gasteiger partial charge on any atom is -0.508 e. The number of phenolic OH excluding ortho intramolecular Hbond substituents is 2. The molecular formula is C24H20O5S. The first-order valence-corrected chi connectivity index (χ1v) is 10.3. The van der Waals surface area contributed by atoms with Crippen LogP contribution in [0.15, 0.2) is 66.7 Å². The lowest BCUT2D eigenvalue weighted by atomic mass is 10.1. The van der Waals surface area contributed by atoms with E-state index in [1.54, 1.807) is 24.3 Å². The van der Waals surface area contributed by atoms with E-state index in [9.17, 15) is 15.0 Å². The molecule has 0 saturated carbocycles. The van der Waals surface area contributed by atoms with E-state index < -0.39 is 5.97 Å². The highest BCUT2D eigenvalue weighted by Crippen LogP contribution is 2.47. The molecule has 30 heavy (non-hydrogen) atoms. The summed E-state index contributed by atoms with van der Waals surface area (Å²) in [6.07, 6.45) is 1.45. The molecule has 0 radical (unpaired) electrons.